The topological polar surface area (TPSA) is 97.8 Å². The Balaban J connectivity index is 1.80. The van der Waals surface area contributed by atoms with Crippen molar-refractivity contribution in [1.82, 2.24) is 4.98 Å². The largest absolute Gasteiger partial charge is 0.480 e. The van der Waals surface area contributed by atoms with Crippen molar-refractivity contribution in [2.45, 2.75) is 0 Å². The second-order valence-electron chi connectivity index (χ2n) is 5.31. The minimum atomic E-state index is -0.570. The molecule has 2 heterocycles. The summed E-state index contributed by atoms with van der Waals surface area (Å²) in [6.45, 7) is -0.448. The number of nitrogens with one attached hydrogen (secondary N) is 1. The molecule has 134 valence electrons. The zero-order chi connectivity index (χ0) is 18.7. The number of benzene rings is 1. The molecule has 0 spiro atoms. The number of aromatic nitrogens is 1. The van der Waals surface area contributed by atoms with Gasteiger partial charge in [-0.1, -0.05) is 12.1 Å². The van der Waals surface area contributed by atoms with Crippen LogP contribution in [0.2, 0.25) is 0 Å². The van der Waals surface area contributed by atoms with Crippen molar-refractivity contribution in [2.24, 2.45) is 0 Å². The van der Waals surface area contributed by atoms with Crippen LogP contribution in [0.5, 0.6) is 5.75 Å². The van der Waals surface area contributed by atoms with E-state index in [4.69, 9.17) is 9.47 Å². The monoisotopic (exact) mass is 419 g/mol. The highest BCUT2D eigenvalue weighted by Crippen LogP contribution is 2.31. The van der Waals surface area contributed by atoms with Gasteiger partial charge in [-0.25, -0.2) is 9.78 Å². The number of carbonyl (C=O) groups is 3. The summed E-state index contributed by atoms with van der Waals surface area (Å²) in [5, 5.41) is 2.63. The average molecular weight is 420 g/mol. The lowest BCUT2D eigenvalue weighted by atomic mass is 10.2. The van der Waals surface area contributed by atoms with Gasteiger partial charge in [0.1, 0.15) is 11.1 Å². The highest BCUT2D eigenvalue weighted by molar-refractivity contribution is 9.10. The number of nitrogens with zero attached hydrogens (tertiary/aromatic N) is 2. The van der Waals surface area contributed by atoms with Crippen LogP contribution in [0, 0.1) is 0 Å². The van der Waals surface area contributed by atoms with Gasteiger partial charge in [-0.15, -0.1) is 0 Å². The zero-order valence-corrected chi connectivity index (χ0v) is 15.3. The summed E-state index contributed by atoms with van der Waals surface area (Å²) in [5.41, 5.74) is 0.519. The molecule has 2 amide bonds. The molecule has 1 aromatic carbocycles. The normalized spacial score (nSPS) is 12.8. The molecule has 0 fully saturated rings. The number of hydrogen-bond donors (Lipinski definition) is 1. The van der Waals surface area contributed by atoms with Gasteiger partial charge in [0, 0.05) is 0 Å². The third kappa shape index (κ3) is 3.67. The molecular weight excluding hydrogens is 406 g/mol. The number of anilines is 2. The maximum absolute atomic E-state index is 12.4. The molecule has 0 saturated heterocycles. The SMILES string of the molecule is COC(=O)c1ccccc1NC(=O)CN1C(=O)COc2ccc(Br)nc21. The number of hydrogen-bond acceptors (Lipinski definition) is 6. The Morgan fingerprint density at radius 3 is 2.85 bits per heavy atom. The van der Waals surface area contributed by atoms with Crippen LogP contribution < -0.4 is 15.0 Å². The number of methoxy groups -OCH3 is 1. The lowest BCUT2D eigenvalue weighted by Crippen LogP contribution is -2.44. The van der Waals surface area contributed by atoms with E-state index in [1.54, 1.807) is 30.3 Å². The Kier molecular flexibility index (Phi) is 5.17. The number of ether oxygens (including phenoxy) is 2. The van der Waals surface area contributed by atoms with Crippen LogP contribution in [0.25, 0.3) is 0 Å². The summed E-state index contributed by atoms with van der Waals surface area (Å²) < 4.78 is 10.5. The molecule has 0 saturated carbocycles. The van der Waals surface area contributed by atoms with E-state index < -0.39 is 11.9 Å². The van der Waals surface area contributed by atoms with E-state index in [2.05, 4.69) is 26.2 Å². The minimum Gasteiger partial charge on any atom is -0.480 e. The van der Waals surface area contributed by atoms with Crippen molar-refractivity contribution >= 4 is 45.2 Å². The maximum Gasteiger partial charge on any atom is 0.339 e. The third-order valence-corrected chi connectivity index (χ3v) is 4.06. The van der Waals surface area contributed by atoms with Gasteiger partial charge >= 0.3 is 5.97 Å². The summed E-state index contributed by atoms with van der Waals surface area (Å²) >= 11 is 3.23. The van der Waals surface area contributed by atoms with Crippen LogP contribution >= 0.6 is 15.9 Å². The summed E-state index contributed by atoms with van der Waals surface area (Å²) in [7, 11) is 1.26. The van der Waals surface area contributed by atoms with Gasteiger partial charge in [0.05, 0.1) is 18.4 Å². The van der Waals surface area contributed by atoms with Gasteiger partial charge in [-0.2, -0.15) is 0 Å². The lowest BCUT2D eigenvalue weighted by Gasteiger charge is -2.27. The Bertz CT molecular complexity index is 886. The second-order valence-corrected chi connectivity index (χ2v) is 6.12. The van der Waals surface area contributed by atoms with E-state index in [9.17, 15) is 14.4 Å². The molecule has 9 heteroatoms. The molecule has 8 nitrogen and oxygen atoms in total. The predicted octanol–water partition coefficient (Wildman–Crippen LogP) is 1.99. The second kappa shape index (κ2) is 7.52. The Morgan fingerprint density at radius 1 is 1.31 bits per heavy atom. The third-order valence-electron chi connectivity index (χ3n) is 3.62. The molecule has 0 unspecified atom stereocenters. The van der Waals surface area contributed by atoms with Crippen LogP contribution in [0.4, 0.5) is 11.5 Å². The fraction of sp³-hybridized carbons (Fsp3) is 0.176. The zero-order valence-electron chi connectivity index (χ0n) is 13.7. The number of fused-ring (bicyclic) bond motifs is 1. The summed E-state index contributed by atoms with van der Waals surface area (Å²) in [5.74, 6) is -0.772. The van der Waals surface area contributed by atoms with Crippen LogP contribution in [0.1, 0.15) is 10.4 Å². The van der Waals surface area contributed by atoms with Gasteiger partial charge in [0.2, 0.25) is 5.91 Å². The van der Waals surface area contributed by atoms with Crippen molar-refractivity contribution in [3.8, 4) is 5.75 Å². The van der Waals surface area contributed by atoms with Crippen molar-refractivity contribution in [3.05, 3.63) is 46.6 Å². The van der Waals surface area contributed by atoms with Crippen molar-refractivity contribution in [2.75, 3.05) is 30.5 Å². The van der Waals surface area contributed by atoms with E-state index >= 15 is 0 Å². The molecule has 0 bridgehead atoms. The van der Waals surface area contributed by atoms with Gasteiger partial charge in [-0.3, -0.25) is 14.5 Å². The number of carbonyl (C=O) groups excluding carboxylic acids is 3. The number of pyridine rings is 1. The fourth-order valence-electron chi connectivity index (χ4n) is 2.43. The van der Waals surface area contributed by atoms with Crippen LogP contribution in [0.15, 0.2) is 41.0 Å². The van der Waals surface area contributed by atoms with Crippen molar-refractivity contribution in [3.63, 3.8) is 0 Å². The Hall–Kier alpha value is -2.94. The van der Waals surface area contributed by atoms with E-state index in [0.717, 1.165) is 0 Å². The van der Waals surface area contributed by atoms with Crippen LogP contribution in [-0.2, 0) is 14.3 Å². The van der Waals surface area contributed by atoms with Gasteiger partial charge in [-0.05, 0) is 40.2 Å². The van der Waals surface area contributed by atoms with Gasteiger partial charge in [0.25, 0.3) is 5.91 Å². The highest BCUT2D eigenvalue weighted by Gasteiger charge is 2.29. The molecule has 1 aliphatic heterocycles. The number of amides is 2. The average Bonchev–Trinajstić information content (AvgIpc) is 2.64. The molecule has 1 aromatic heterocycles. The van der Waals surface area contributed by atoms with Gasteiger partial charge in [0.15, 0.2) is 18.2 Å². The molecule has 3 rings (SSSR count). The van der Waals surface area contributed by atoms with Crippen molar-refractivity contribution in [1.29, 1.82) is 0 Å². The minimum absolute atomic E-state index is 0.178. The number of esters is 1. The first-order valence-electron chi connectivity index (χ1n) is 7.56. The summed E-state index contributed by atoms with van der Waals surface area (Å²) in [6, 6.07) is 9.79. The number of rotatable bonds is 4. The summed E-state index contributed by atoms with van der Waals surface area (Å²) in [6.07, 6.45) is 0. The quantitative estimate of drug-likeness (QED) is 0.600. The number of halogens is 1. The van der Waals surface area contributed by atoms with Crippen molar-refractivity contribution < 1.29 is 23.9 Å². The first-order chi connectivity index (χ1) is 12.5. The van der Waals surface area contributed by atoms with E-state index in [0.29, 0.717) is 16.0 Å². The predicted molar refractivity (Wildman–Crippen MR) is 96.2 cm³/mol. The standard InChI is InChI=1S/C17H14BrN3O5/c1-25-17(24)10-4-2-3-5-11(10)19-14(22)8-21-15(23)9-26-12-6-7-13(18)20-16(12)21/h2-7H,8-9H2,1H3,(H,19,22). The fourth-order valence-corrected chi connectivity index (χ4v) is 2.73. The molecule has 2 aromatic rings. The van der Waals surface area contributed by atoms with E-state index in [-0.39, 0.29) is 30.4 Å². The van der Waals surface area contributed by atoms with Crippen LogP contribution in [-0.4, -0.2) is 43.0 Å². The Labute approximate surface area is 157 Å². The molecule has 26 heavy (non-hydrogen) atoms. The summed E-state index contributed by atoms with van der Waals surface area (Å²) in [4.78, 5) is 41.8. The molecule has 0 atom stereocenters. The molecule has 0 aliphatic carbocycles. The first-order valence-corrected chi connectivity index (χ1v) is 8.36. The smallest absolute Gasteiger partial charge is 0.339 e. The molecular formula is C17H14BrN3O5. The number of para-hydroxylation sites is 1. The molecule has 0 radical (unpaired) electrons. The van der Waals surface area contributed by atoms with Crippen LogP contribution in [0.3, 0.4) is 0 Å². The van der Waals surface area contributed by atoms with E-state index in [1.807, 2.05) is 0 Å². The molecule has 1 aliphatic rings. The molecule has 1 N–H and O–H groups in total. The highest BCUT2D eigenvalue weighted by atomic mass is 79.9. The lowest BCUT2D eigenvalue weighted by molar-refractivity contribution is -0.123. The first kappa shape index (κ1) is 17.9. The Morgan fingerprint density at radius 2 is 2.08 bits per heavy atom. The van der Waals surface area contributed by atoms with E-state index in [1.165, 1.54) is 18.1 Å². The maximum atomic E-state index is 12.4. The van der Waals surface area contributed by atoms with Gasteiger partial charge < -0.3 is 14.8 Å².